The third kappa shape index (κ3) is 2.67. The highest BCUT2D eigenvalue weighted by atomic mass is 19.1. The molecule has 0 saturated carbocycles. The van der Waals surface area contributed by atoms with E-state index >= 15 is 0 Å². The van der Waals surface area contributed by atoms with Gasteiger partial charge in [0.15, 0.2) is 11.5 Å². The van der Waals surface area contributed by atoms with Crippen LogP contribution in [0, 0.1) is 5.82 Å². The van der Waals surface area contributed by atoms with Gasteiger partial charge in [0.05, 0.1) is 13.2 Å². The van der Waals surface area contributed by atoms with Crippen molar-refractivity contribution in [1.82, 2.24) is 0 Å². The highest BCUT2D eigenvalue weighted by Crippen LogP contribution is 2.32. The molecule has 0 aliphatic carbocycles. The Morgan fingerprint density at radius 2 is 1.90 bits per heavy atom. The third-order valence-electron chi connectivity index (χ3n) is 3.04. The molecule has 0 atom stereocenters. The van der Waals surface area contributed by atoms with Crippen molar-refractivity contribution in [2.45, 2.75) is 13.2 Å². The van der Waals surface area contributed by atoms with E-state index in [2.05, 4.69) is 0 Å². The van der Waals surface area contributed by atoms with Crippen LogP contribution in [0.3, 0.4) is 0 Å². The summed E-state index contributed by atoms with van der Waals surface area (Å²) in [7, 11) is 0. The molecular weight excluding hydrogens is 261 g/mol. The molecule has 0 bridgehead atoms. The fourth-order valence-corrected chi connectivity index (χ4v) is 1.99. The van der Waals surface area contributed by atoms with Crippen LogP contribution < -0.4 is 15.2 Å². The number of hydrogen-bond acceptors (Lipinski definition) is 4. The van der Waals surface area contributed by atoms with Crippen molar-refractivity contribution in [3.63, 3.8) is 0 Å². The molecule has 20 heavy (non-hydrogen) atoms. The van der Waals surface area contributed by atoms with Gasteiger partial charge >= 0.3 is 0 Å². The average molecular weight is 275 g/mol. The van der Waals surface area contributed by atoms with Gasteiger partial charge in [0.25, 0.3) is 0 Å². The normalized spacial score (nSPS) is 12.7. The monoisotopic (exact) mass is 275 g/mol. The molecule has 0 aromatic heterocycles. The number of benzene rings is 2. The van der Waals surface area contributed by atoms with E-state index in [9.17, 15) is 4.39 Å². The SMILES string of the molecule is Nc1ccc(COCc2ccc3c(c2)OCO3)c(F)c1. The van der Waals surface area contributed by atoms with Crippen molar-refractivity contribution in [2.75, 3.05) is 12.5 Å². The predicted molar refractivity (Wildman–Crippen MR) is 71.9 cm³/mol. The molecule has 1 aliphatic rings. The molecule has 3 rings (SSSR count). The Balaban J connectivity index is 1.60. The number of halogens is 1. The lowest BCUT2D eigenvalue weighted by Crippen LogP contribution is -1.98. The maximum atomic E-state index is 13.6. The summed E-state index contributed by atoms with van der Waals surface area (Å²) in [4.78, 5) is 0. The van der Waals surface area contributed by atoms with Crippen LogP contribution in [0.4, 0.5) is 10.1 Å². The van der Waals surface area contributed by atoms with Gasteiger partial charge in [-0.05, 0) is 29.8 Å². The van der Waals surface area contributed by atoms with Crippen LogP contribution in [-0.2, 0) is 18.0 Å². The minimum Gasteiger partial charge on any atom is -0.454 e. The number of rotatable bonds is 4. The smallest absolute Gasteiger partial charge is 0.231 e. The molecule has 0 amide bonds. The van der Waals surface area contributed by atoms with Crippen molar-refractivity contribution in [1.29, 1.82) is 0 Å². The first kappa shape index (κ1) is 12.7. The molecule has 0 saturated heterocycles. The molecule has 0 fully saturated rings. The second-order valence-electron chi connectivity index (χ2n) is 4.53. The molecule has 0 spiro atoms. The van der Waals surface area contributed by atoms with E-state index in [1.807, 2.05) is 18.2 Å². The summed E-state index contributed by atoms with van der Waals surface area (Å²) >= 11 is 0. The Morgan fingerprint density at radius 1 is 1.05 bits per heavy atom. The highest BCUT2D eigenvalue weighted by molar-refractivity contribution is 5.44. The Morgan fingerprint density at radius 3 is 2.75 bits per heavy atom. The zero-order chi connectivity index (χ0) is 13.9. The van der Waals surface area contributed by atoms with Gasteiger partial charge in [0.1, 0.15) is 5.82 Å². The number of nitrogens with two attached hydrogens (primary N) is 1. The summed E-state index contributed by atoms with van der Waals surface area (Å²) in [6.07, 6.45) is 0. The van der Waals surface area contributed by atoms with E-state index in [-0.39, 0.29) is 19.2 Å². The number of anilines is 1. The van der Waals surface area contributed by atoms with Gasteiger partial charge in [0, 0.05) is 11.3 Å². The highest BCUT2D eigenvalue weighted by Gasteiger charge is 2.13. The summed E-state index contributed by atoms with van der Waals surface area (Å²) in [6.45, 7) is 0.817. The van der Waals surface area contributed by atoms with Crippen LogP contribution >= 0.6 is 0 Å². The summed E-state index contributed by atoms with van der Waals surface area (Å²) < 4.78 is 29.6. The predicted octanol–water partition coefficient (Wildman–Crippen LogP) is 2.85. The molecule has 2 aromatic rings. The van der Waals surface area contributed by atoms with Crippen molar-refractivity contribution >= 4 is 5.69 Å². The van der Waals surface area contributed by atoms with Gasteiger partial charge in [-0.2, -0.15) is 0 Å². The lowest BCUT2D eigenvalue weighted by molar-refractivity contribution is 0.104. The van der Waals surface area contributed by atoms with E-state index in [1.165, 1.54) is 6.07 Å². The van der Waals surface area contributed by atoms with Gasteiger partial charge in [0.2, 0.25) is 6.79 Å². The number of hydrogen-bond donors (Lipinski definition) is 1. The number of fused-ring (bicyclic) bond motifs is 1. The van der Waals surface area contributed by atoms with Gasteiger partial charge in [-0.15, -0.1) is 0 Å². The van der Waals surface area contributed by atoms with Crippen LogP contribution in [0.15, 0.2) is 36.4 Å². The van der Waals surface area contributed by atoms with Crippen LogP contribution in [0.25, 0.3) is 0 Å². The third-order valence-corrected chi connectivity index (χ3v) is 3.04. The molecule has 1 heterocycles. The van der Waals surface area contributed by atoms with E-state index in [1.54, 1.807) is 12.1 Å². The first-order valence-electron chi connectivity index (χ1n) is 6.22. The minimum absolute atomic E-state index is 0.195. The maximum Gasteiger partial charge on any atom is 0.231 e. The zero-order valence-electron chi connectivity index (χ0n) is 10.8. The first-order chi connectivity index (χ1) is 9.72. The molecule has 1 aliphatic heterocycles. The number of nitrogen functional groups attached to an aromatic ring is 1. The fourth-order valence-electron chi connectivity index (χ4n) is 1.99. The van der Waals surface area contributed by atoms with E-state index < -0.39 is 0 Å². The van der Waals surface area contributed by atoms with E-state index in [4.69, 9.17) is 19.9 Å². The van der Waals surface area contributed by atoms with Crippen LogP contribution in [-0.4, -0.2) is 6.79 Å². The van der Waals surface area contributed by atoms with Gasteiger partial charge in [-0.1, -0.05) is 12.1 Å². The molecule has 2 aromatic carbocycles. The van der Waals surface area contributed by atoms with Gasteiger partial charge in [-0.25, -0.2) is 4.39 Å². The molecule has 2 N–H and O–H groups in total. The van der Waals surface area contributed by atoms with Gasteiger partial charge < -0.3 is 19.9 Å². The van der Waals surface area contributed by atoms with Crippen molar-refractivity contribution in [2.24, 2.45) is 0 Å². The van der Waals surface area contributed by atoms with Crippen molar-refractivity contribution in [3.05, 3.63) is 53.3 Å². The summed E-state index contributed by atoms with van der Waals surface area (Å²) in [5.74, 6) is 1.10. The Bertz CT molecular complexity index is 631. The maximum absolute atomic E-state index is 13.6. The van der Waals surface area contributed by atoms with Crippen molar-refractivity contribution < 1.29 is 18.6 Å². The number of ether oxygens (including phenoxy) is 3. The summed E-state index contributed by atoms with van der Waals surface area (Å²) in [6, 6.07) is 10.2. The molecule has 0 radical (unpaired) electrons. The van der Waals surface area contributed by atoms with Crippen molar-refractivity contribution in [3.8, 4) is 11.5 Å². The lowest BCUT2D eigenvalue weighted by atomic mass is 10.2. The van der Waals surface area contributed by atoms with E-state index in [0.29, 0.717) is 23.6 Å². The fraction of sp³-hybridized carbons (Fsp3) is 0.200. The molecule has 0 unspecified atom stereocenters. The molecule has 4 nitrogen and oxygen atoms in total. The Hall–Kier alpha value is -2.27. The summed E-state index contributed by atoms with van der Waals surface area (Å²) in [5.41, 5.74) is 7.33. The Labute approximate surface area is 115 Å². The topological polar surface area (TPSA) is 53.7 Å². The van der Waals surface area contributed by atoms with Crippen LogP contribution in [0.5, 0.6) is 11.5 Å². The van der Waals surface area contributed by atoms with Crippen LogP contribution in [0.1, 0.15) is 11.1 Å². The Kier molecular flexibility index (Phi) is 3.43. The van der Waals surface area contributed by atoms with E-state index in [0.717, 1.165) is 11.3 Å². The largest absolute Gasteiger partial charge is 0.454 e. The quantitative estimate of drug-likeness (QED) is 0.872. The average Bonchev–Trinajstić information content (AvgIpc) is 2.89. The second kappa shape index (κ2) is 5.38. The molecule has 5 heteroatoms. The van der Waals surface area contributed by atoms with Crippen LogP contribution in [0.2, 0.25) is 0 Å². The molecule has 104 valence electrons. The van der Waals surface area contributed by atoms with Gasteiger partial charge in [-0.3, -0.25) is 0 Å². The summed E-state index contributed by atoms with van der Waals surface area (Å²) in [5, 5.41) is 0. The zero-order valence-corrected chi connectivity index (χ0v) is 10.8. The first-order valence-corrected chi connectivity index (χ1v) is 6.22. The molecular formula is C15H14FNO3. The lowest BCUT2D eigenvalue weighted by Gasteiger charge is -2.07. The minimum atomic E-state index is -0.351. The standard InChI is InChI=1S/C15H14FNO3/c16-13-6-12(17)3-2-11(13)8-18-7-10-1-4-14-15(5-10)20-9-19-14/h1-6H,7-9,17H2. The second-order valence-corrected chi connectivity index (χ2v) is 4.53.